The SMILES string of the molecule is Cl.Cn1ccc2c1CCC(CC1CCN(Cc3ccccc3)CC1)C2=O. The average molecular weight is 373 g/mol. The van der Waals surface area contributed by atoms with Crippen molar-refractivity contribution in [2.45, 2.75) is 38.6 Å². The van der Waals surface area contributed by atoms with Gasteiger partial charge in [-0.3, -0.25) is 9.69 Å². The predicted molar refractivity (Wildman–Crippen MR) is 108 cm³/mol. The highest BCUT2D eigenvalue weighted by molar-refractivity contribution is 6.00. The molecule has 0 N–H and O–H groups in total. The Morgan fingerprint density at radius 3 is 2.50 bits per heavy atom. The molecule has 0 spiro atoms. The van der Waals surface area contributed by atoms with Crippen molar-refractivity contribution >= 4 is 18.2 Å². The topological polar surface area (TPSA) is 25.2 Å². The number of hydrogen-bond donors (Lipinski definition) is 0. The van der Waals surface area contributed by atoms with Gasteiger partial charge < -0.3 is 4.57 Å². The van der Waals surface area contributed by atoms with E-state index in [0.717, 1.165) is 44.5 Å². The Kier molecular flexibility index (Phi) is 6.20. The molecule has 1 unspecified atom stereocenters. The van der Waals surface area contributed by atoms with E-state index >= 15 is 0 Å². The fourth-order valence-corrected chi connectivity index (χ4v) is 4.61. The number of hydrogen-bond acceptors (Lipinski definition) is 2. The first-order valence-corrected chi connectivity index (χ1v) is 9.65. The van der Waals surface area contributed by atoms with Gasteiger partial charge in [0.25, 0.3) is 0 Å². The van der Waals surface area contributed by atoms with Crippen molar-refractivity contribution < 1.29 is 4.79 Å². The van der Waals surface area contributed by atoms with Crippen molar-refractivity contribution in [1.29, 1.82) is 0 Å². The Morgan fingerprint density at radius 1 is 1.04 bits per heavy atom. The second kappa shape index (κ2) is 8.41. The molecule has 26 heavy (non-hydrogen) atoms. The summed E-state index contributed by atoms with van der Waals surface area (Å²) in [6.07, 6.45) is 7.69. The summed E-state index contributed by atoms with van der Waals surface area (Å²) in [6.45, 7) is 3.39. The molecule has 0 saturated carbocycles. The molecule has 2 heterocycles. The number of piperidine rings is 1. The first-order valence-electron chi connectivity index (χ1n) is 9.65. The maximum atomic E-state index is 12.8. The van der Waals surface area contributed by atoms with E-state index in [-0.39, 0.29) is 18.3 Å². The maximum Gasteiger partial charge on any atom is 0.167 e. The summed E-state index contributed by atoms with van der Waals surface area (Å²) in [5, 5.41) is 0. The van der Waals surface area contributed by atoms with Crippen LogP contribution in [0.25, 0.3) is 0 Å². The van der Waals surface area contributed by atoms with Crippen LogP contribution in [-0.4, -0.2) is 28.3 Å². The van der Waals surface area contributed by atoms with Gasteiger partial charge >= 0.3 is 0 Å². The number of likely N-dealkylation sites (tertiary alicyclic amines) is 1. The molecule has 4 rings (SSSR count). The third-order valence-corrected chi connectivity index (χ3v) is 6.14. The first kappa shape index (κ1) is 19.2. The zero-order valence-electron chi connectivity index (χ0n) is 15.6. The van der Waals surface area contributed by atoms with E-state index in [1.165, 1.54) is 24.1 Å². The quantitative estimate of drug-likeness (QED) is 0.789. The molecular weight excluding hydrogens is 344 g/mol. The predicted octanol–water partition coefficient (Wildman–Crippen LogP) is 4.49. The molecule has 0 bridgehead atoms. The van der Waals surface area contributed by atoms with E-state index in [9.17, 15) is 4.79 Å². The van der Waals surface area contributed by atoms with Gasteiger partial charge in [0.05, 0.1) is 0 Å². The number of carbonyl (C=O) groups is 1. The highest BCUT2D eigenvalue weighted by Crippen LogP contribution is 2.33. The van der Waals surface area contributed by atoms with E-state index < -0.39 is 0 Å². The van der Waals surface area contributed by atoms with E-state index in [1.807, 2.05) is 12.3 Å². The molecule has 1 aliphatic carbocycles. The largest absolute Gasteiger partial charge is 0.354 e. The maximum absolute atomic E-state index is 12.8. The molecule has 4 heteroatoms. The first-order chi connectivity index (χ1) is 12.2. The third-order valence-electron chi connectivity index (χ3n) is 6.14. The van der Waals surface area contributed by atoms with Gasteiger partial charge in [-0.05, 0) is 62.7 Å². The van der Waals surface area contributed by atoms with Crippen LogP contribution in [0.1, 0.15) is 47.3 Å². The normalized spacial score (nSPS) is 21.3. The van der Waals surface area contributed by atoms with Crippen molar-refractivity contribution in [1.82, 2.24) is 9.47 Å². The van der Waals surface area contributed by atoms with E-state index in [0.29, 0.717) is 11.7 Å². The minimum Gasteiger partial charge on any atom is -0.354 e. The summed E-state index contributed by atoms with van der Waals surface area (Å²) in [7, 11) is 2.05. The van der Waals surface area contributed by atoms with Gasteiger partial charge in [0.2, 0.25) is 0 Å². The molecule has 1 aromatic carbocycles. The highest BCUT2D eigenvalue weighted by atomic mass is 35.5. The number of aryl methyl sites for hydroxylation is 1. The number of carbonyl (C=O) groups excluding carboxylic acids is 1. The second-order valence-corrected chi connectivity index (χ2v) is 7.83. The zero-order valence-corrected chi connectivity index (χ0v) is 16.4. The molecule has 0 amide bonds. The van der Waals surface area contributed by atoms with Crippen LogP contribution in [-0.2, 0) is 20.0 Å². The fraction of sp³-hybridized carbons (Fsp3) is 0.500. The van der Waals surface area contributed by atoms with Crippen molar-refractivity contribution in [3.8, 4) is 0 Å². The van der Waals surface area contributed by atoms with Gasteiger partial charge in [0.1, 0.15) is 0 Å². The molecule has 1 aliphatic heterocycles. The second-order valence-electron chi connectivity index (χ2n) is 7.83. The molecule has 1 saturated heterocycles. The van der Waals surface area contributed by atoms with E-state index in [4.69, 9.17) is 0 Å². The van der Waals surface area contributed by atoms with Gasteiger partial charge in [-0.2, -0.15) is 0 Å². The van der Waals surface area contributed by atoms with Crippen LogP contribution in [0, 0.1) is 11.8 Å². The minimum absolute atomic E-state index is 0. The number of fused-ring (bicyclic) bond motifs is 1. The van der Waals surface area contributed by atoms with Crippen LogP contribution in [0.2, 0.25) is 0 Å². The van der Waals surface area contributed by atoms with Gasteiger partial charge in [-0.1, -0.05) is 30.3 Å². The van der Waals surface area contributed by atoms with Crippen LogP contribution in [0.4, 0.5) is 0 Å². The van der Waals surface area contributed by atoms with Crippen LogP contribution >= 0.6 is 12.4 Å². The van der Waals surface area contributed by atoms with Crippen LogP contribution in [0.15, 0.2) is 42.6 Å². The molecule has 1 fully saturated rings. The number of nitrogens with zero attached hydrogens (tertiary/aromatic N) is 2. The Bertz CT molecular complexity index is 732. The molecule has 0 radical (unpaired) electrons. The number of aromatic nitrogens is 1. The summed E-state index contributed by atoms with van der Waals surface area (Å²) in [6, 6.07) is 12.8. The lowest BCUT2D eigenvalue weighted by atomic mass is 9.78. The van der Waals surface area contributed by atoms with Gasteiger partial charge in [0.15, 0.2) is 5.78 Å². The minimum atomic E-state index is 0. The number of Topliss-reactive ketones (excluding diaryl/α,β-unsaturated/α-hetero) is 1. The van der Waals surface area contributed by atoms with Gasteiger partial charge in [-0.25, -0.2) is 0 Å². The molecule has 3 nitrogen and oxygen atoms in total. The molecule has 1 atom stereocenters. The Labute approximate surface area is 162 Å². The highest BCUT2D eigenvalue weighted by Gasteiger charge is 2.31. The molecule has 1 aromatic heterocycles. The lowest BCUT2D eigenvalue weighted by Crippen LogP contribution is -2.35. The third kappa shape index (κ3) is 4.05. The zero-order chi connectivity index (χ0) is 17.2. The van der Waals surface area contributed by atoms with Crippen molar-refractivity contribution in [2.24, 2.45) is 18.9 Å². The summed E-state index contributed by atoms with van der Waals surface area (Å²) in [4.78, 5) is 15.3. The number of ketones is 1. The molecular formula is C22H29ClN2O. The summed E-state index contributed by atoms with van der Waals surface area (Å²) >= 11 is 0. The van der Waals surface area contributed by atoms with E-state index in [1.54, 1.807) is 0 Å². The van der Waals surface area contributed by atoms with Crippen LogP contribution in [0.3, 0.4) is 0 Å². The summed E-state index contributed by atoms with van der Waals surface area (Å²) in [5.41, 5.74) is 3.62. The Hall–Kier alpha value is -1.58. The number of halogens is 1. The number of rotatable bonds is 4. The summed E-state index contributed by atoms with van der Waals surface area (Å²) in [5.74, 6) is 1.36. The lowest BCUT2D eigenvalue weighted by Gasteiger charge is -2.34. The smallest absolute Gasteiger partial charge is 0.167 e. The lowest BCUT2D eigenvalue weighted by molar-refractivity contribution is 0.0852. The average Bonchev–Trinajstić information content (AvgIpc) is 3.02. The number of benzene rings is 1. The Morgan fingerprint density at radius 2 is 1.77 bits per heavy atom. The monoisotopic (exact) mass is 372 g/mol. The molecule has 2 aromatic rings. The van der Waals surface area contributed by atoms with Gasteiger partial charge in [0, 0.05) is 37.0 Å². The fourth-order valence-electron chi connectivity index (χ4n) is 4.61. The van der Waals surface area contributed by atoms with Crippen LogP contribution < -0.4 is 0 Å². The standard InChI is InChI=1S/C22H28N2O.ClH/c1-23-12-11-20-21(23)8-7-19(22(20)25)15-17-9-13-24(14-10-17)16-18-5-3-2-4-6-18;/h2-6,11-12,17,19H,7-10,13-16H2,1H3;1H. The molecule has 2 aliphatic rings. The van der Waals surface area contributed by atoms with Crippen molar-refractivity contribution in [3.05, 3.63) is 59.4 Å². The Balaban J connectivity index is 0.00000196. The van der Waals surface area contributed by atoms with Crippen LogP contribution in [0.5, 0.6) is 0 Å². The molecule has 140 valence electrons. The van der Waals surface area contributed by atoms with E-state index in [2.05, 4.69) is 46.8 Å². The van der Waals surface area contributed by atoms with Gasteiger partial charge in [-0.15, -0.1) is 12.4 Å². The van der Waals surface area contributed by atoms with Crippen molar-refractivity contribution in [2.75, 3.05) is 13.1 Å². The van der Waals surface area contributed by atoms with Crippen molar-refractivity contribution in [3.63, 3.8) is 0 Å². The summed E-state index contributed by atoms with van der Waals surface area (Å²) < 4.78 is 2.12.